The second-order valence-corrected chi connectivity index (χ2v) is 8.48. The summed E-state index contributed by atoms with van der Waals surface area (Å²) in [6.45, 7) is 8.55. The molecule has 178 valence electrons. The monoisotopic (exact) mass is 450 g/mol. The van der Waals surface area contributed by atoms with Crippen LogP contribution in [-0.4, -0.2) is 19.2 Å². The van der Waals surface area contributed by atoms with Crippen molar-refractivity contribution in [3.05, 3.63) is 66.2 Å². The molecule has 0 atom stereocenters. The molecular formula is C28H38N2O3. The Morgan fingerprint density at radius 3 is 1.70 bits per heavy atom. The Morgan fingerprint density at radius 2 is 1.18 bits per heavy atom. The highest BCUT2D eigenvalue weighted by Gasteiger charge is 2.02. The summed E-state index contributed by atoms with van der Waals surface area (Å²) in [7, 11) is 0. The van der Waals surface area contributed by atoms with Gasteiger partial charge in [0.25, 0.3) is 0 Å². The van der Waals surface area contributed by atoms with Gasteiger partial charge in [0.15, 0.2) is 0 Å². The average Bonchev–Trinajstić information content (AvgIpc) is 2.82. The summed E-state index contributed by atoms with van der Waals surface area (Å²) in [6, 6.07) is 15.7. The van der Waals surface area contributed by atoms with Gasteiger partial charge in [-0.2, -0.15) is 10.2 Å². The molecule has 0 aromatic heterocycles. The predicted octanol–water partition coefficient (Wildman–Crippen LogP) is 8.42. The van der Waals surface area contributed by atoms with Gasteiger partial charge in [0, 0.05) is 5.57 Å². The SMILES string of the molecule is C=C(C)C(=O)OCCCCCCCCCCCOc1ccc(N=Nc2ccc(C)cc2)cc1. The van der Waals surface area contributed by atoms with E-state index in [0.717, 1.165) is 43.0 Å². The zero-order valence-electron chi connectivity index (χ0n) is 20.2. The third kappa shape index (κ3) is 12.0. The van der Waals surface area contributed by atoms with Gasteiger partial charge in [0.1, 0.15) is 5.75 Å². The lowest BCUT2D eigenvalue weighted by molar-refractivity contribution is -0.139. The van der Waals surface area contributed by atoms with Crippen molar-refractivity contribution in [2.75, 3.05) is 13.2 Å². The zero-order chi connectivity index (χ0) is 23.7. The molecule has 0 aliphatic carbocycles. The van der Waals surface area contributed by atoms with Crippen molar-refractivity contribution in [1.82, 2.24) is 0 Å². The third-order valence-electron chi connectivity index (χ3n) is 5.29. The summed E-state index contributed by atoms with van der Waals surface area (Å²) in [6.07, 6.45) is 10.6. The van der Waals surface area contributed by atoms with Gasteiger partial charge in [0.05, 0.1) is 24.6 Å². The minimum absolute atomic E-state index is 0.281. The molecule has 0 spiro atoms. The first-order valence-corrected chi connectivity index (χ1v) is 12.1. The number of aryl methyl sites for hydroxylation is 1. The molecule has 0 radical (unpaired) electrons. The molecular weight excluding hydrogens is 412 g/mol. The first-order chi connectivity index (χ1) is 16.0. The van der Waals surface area contributed by atoms with Crippen molar-refractivity contribution in [2.24, 2.45) is 10.2 Å². The normalized spacial score (nSPS) is 11.0. The van der Waals surface area contributed by atoms with Crippen LogP contribution in [0, 0.1) is 6.92 Å². The average molecular weight is 451 g/mol. The van der Waals surface area contributed by atoms with Crippen LogP contribution in [0.4, 0.5) is 11.4 Å². The van der Waals surface area contributed by atoms with Gasteiger partial charge in [-0.25, -0.2) is 4.79 Å². The third-order valence-corrected chi connectivity index (χ3v) is 5.29. The smallest absolute Gasteiger partial charge is 0.333 e. The van der Waals surface area contributed by atoms with Gasteiger partial charge in [0.2, 0.25) is 0 Å². The van der Waals surface area contributed by atoms with Crippen LogP contribution in [0.3, 0.4) is 0 Å². The van der Waals surface area contributed by atoms with E-state index in [1.54, 1.807) is 6.92 Å². The number of ether oxygens (including phenoxy) is 2. The topological polar surface area (TPSA) is 60.2 Å². The van der Waals surface area contributed by atoms with Gasteiger partial charge < -0.3 is 9.47 Å². The summed E-state index contributed by atoms with van der Waals surface area (Å²) in [5, 5.41) is 8.53. The van der Waals surface area contributed by atoms with Gasteiger partial charge in [-0.3, -0.25) is 0 Å². The molecule has 0 heterocycles. The van der Waals surface area contributed by atoms with E-state index in [1.165, 1.54) is 44.1 Å². The molecule has 0 fully saturated rings. The van der Waals surface area contributed by atoms with Crippen molar-refractivity contribution >= 4 is 17.3 Å². The van der Waals surface area contributed by atoms with Gasteiger partial charge in [-0.15, -0.1) is 0 Å². The second kappa shape index (κ2) is 15.8. The van der Waals surface area contributed by atoms with Gasteiger partial charge in [-0.1, -0.05) is 69.2 Å². The number of benzene rings is 2. The fourth-order valence-corrected chi connectivity index (χ4v) is 3.26. The number of azo groups is 1. The quantitative estimate of drug-likeness (QED) is 0.112. The summed E-state index contributed by atoms with van der Waals surface area (Å²) in [4.78, 5) is 11.3. The summed E-state index contributed by atoms with van der Waals surface area (Å²) >= 11 is 0. The molecule has 2 aromatic rings. The van der Waals surface area contributed by atoms with E-state index in [4.69, 9.17) is 9.47 Å². The number of hydrogen-bond acceptors (Lipinski definition) is 5. The van der Waals surface area contributed by atoms with E-state index in [1.807, 2.05) is 48.5 Å². The van der Waals surface area contributed by atoms with Crippen LogP contribution in [0.15, 0.2) is 70.9 Å². The summed E-state index contributed by atoms with van der Waals surface area (Å²) in [5.74, 6) is 0.592. The lowest BCUT2D eigenvalue weighted by Gasteiger charge is -2.06. The molecule has 5 nitrogen and oxygen atoms in total. The number of unbranched alkanes of at least 4 members (excludes halogenated alkanes) is 8. The van der Waals surface area contributed by atoms with E-state index >= 15 is 0 Å². The molecule has 0 saturated heterocycles. The highest BCUT2D eigenvalue weighted by molar-refractivity contribution is 5.86. The van der Waals surface area contributed by atoms with E-state index in [0.29, 0.717) is 12.2 Å². The second-order valence-electron chi connectivity index (χ2n) is 8.48. The summed E-state index contributed by atoms with van der Waals surface area (Å²) < 4.78 is 10.9. The molecule has 5 heteroatoms. The van der Waals surface area contributed by atoms with Crippen molar-refractivity contribution in [3.8, 4) is 5.75 Å². The van der Waals surface area contributed by atoms with E-state index in [9.17, 15) is 4.79 Å². The largest absolute Gasteiger partial charge is 0.494 e. The Hall–Kier alpha value is -2.95. The van der Waals surface area contributed by atoms with Crippen molar-refractivity contribution < 1.29 is 14.3 Å². The highest BCUT2D eigenvalue weighted by atomic mass is 16.5. The molecule has 0 bridgehead atoms. The fourth-order valence-electron chi connectivity index (χ4n) is 3.26. The van der Waals surface area contributed by atoms with Crippen molar-refractivity contribution in [2.45, 2.75) is 71.6 Å². The van der Waals surface area contributed by atoms with Crippen LogP contribution in [0.25, 0.3) is 0 Å². The zero-order valence-corrected chi connectivity index (χ0v) is 20.2. The van der Waals surface area contributed by atoms with Crippen molar-refractivity contribution in [3.63, 3.8) is 0 Å². The number of carbonyl (C=O) groups excluding carboxylic acids is 1. The highest BCUT2D eigenvalue weighted by Crippen LogP contribution is 2.22. The Bertz CT molecular complexity index is 858. The Labute approximate surface area is 198 Å². The molecule has 0 unspecified atom stereocenters. The van der Waals surface area contributed by atoms with E-state index in [2.05, 4.69) is 23.7 Å². The van der Waals surface area contributed by atoms with Crippen LogP contribution >= 0.6 is 0 Å². The van der Waals surface area contributed by atoms with Crippen LogP contribution in [0.2, 0.25) is 0 Å². The molecule has 0 saturated carbocycles. The van der Waals surface area contributed by atoms with Crippen LogP contribution in [-0.2, 0) is 9.53 Å². The number of nitrogens with zero attached hydrogens (tertiary/aromatic N) is 2. The van der Waals surface area contributed by atoms with Gasteiger partial charge >= 0.3 is 5.97 Å². The van der Waals surface area contributed by atoms with Crippen molar-refractivity contribution in [1.29, 1.82) is 0 Å². The minimum Gasteiger partial charge on any atom is -0.494 e. The predicted molar refractivity (Wildman–Crippen MR) is 135 cm³/mol. The molecule has 2 rings (SSSR count). The molecule has 33 heavy (non-hydrogen) atoms. The molecule has 0 N–H and O–H groups in total. The molecule has 0 aliphatic rings. The molecule has 0 amide bonds. The van der Waals surface area contributed by atoms with Gasteiger partial charge in [-0.05, 0) is 63.1 Å². The lowest BCUT2D eigenvalue weighted by Crippen LogP contribution is -2.05. The van der Waals surface area contributed by atoms with E-state index < -0.39 is 0 Å². The maximum Gasteiger partial charge on any atom is 0.333 e. The maximum absolute atomic E-state index is 11.3. The van der Waals surface area contributed by atoms with Crippen LogP contribution in [0.1, 0.15) is 70.3 Å². The lowest BCUT2D eigenvalue weighted by atomic mass is 10.1. The number of carbonyl (C=O) groups is 1. The van der Waals surface area contributed by atoms with E-state index in [-0.39, 0.29) is 5.97 Å². The molecule has 0 aliphatic heterocycles. The maximum atomic E-state index is 11.3. The number of esters is 1. The number of hydrogen-bond donors (Lipinski definition) is 0. The van der Waals surface area contributed by atoms with Crippen LogP contribution < -0.4 is 4.74 Å². The minimum atomic E-state index is -0.281. The Balaban J connectivity index is 1.44. The fraction of sp³-hybridized carbons (Fsp3) is 0.464. The molecule has 2 aromatic carbocycles. The Kier molecular flexibility index (Phi) is 12.6. The first-order valence-electron chi connectivity index (χ1n) is 12.1. The summed E-state index contributed by atoms with van der Waals surface area (Å²) in [5.41, 5.74) is 3.34. The standard InChI is InChI=1S/C28H38N2O3/c1-23(2)28(31)33-22-12-10-8-6-4-5-7-9-11-21-32-27-19-17-26(18-20-27)30-29-25-15-13-24(3)14-16-25/h13-20H,1,4-12,21-22H2,2-3H3. The first kappa shape index (κ1) is 26.3. The Morgan fingerprint density at radius 1 is 0.727 bits per heavy atom. The number of rotatable bonds is 16. The van der Waals surface area contributed by atoms with Crippen LogP contribution in [0.5, 0.6) is 5.75 Å².